The highest BCUT2D eigenvalue weighted by atomic mass is 32.1. The van der Waals surface area contributed by atoms with Gasteiger partial charge in [-0.15, -0.1) is 11.3 Å². The molecule has 0 radical (unpaired) electrons. The van der Waals surface area contributed by atoms with Crippen molar-refractivity contribution in [2.45, 2.75) is 65.3 Å². The number of piperidine rings is 1. The lowest BCUT2D eigenvalue weighted by Crippen LogP contribution is -2.52. The predicted octanol–water partition coefficient (Wildman–Crippen LogP) is 5.57. The van der Waals surface area contributed by atoms with Gasteiger partial charge in [-0.1, -0.05) is 32.9 Å². The van der Waals surface area contributed by atoms with E-state index in [1.54, 1.807) is 0 Å². The number of thiocarbonyl (C=S) groups is 1. The molecule has 1 N–H and O–H groups in total. The number of rotatable bonds is 3. The number of para-hydroxylation sites is 1. The molecular formula is C21H31N3S2. The highest BCUT2D eigenvalue weighted by Crippen LogP contribution is 2.34. The second-order valence-corrected chi connectivity index (χ2v) is 10.8. The summed E-state index contributed by atoms with van der Waals surface area (Å²) in [4.78, 5) is 7.19. The topological polar surface area (TPSA) is 28.2 Å². The van der Waals surface area contributed by atoms with Gasteiger partial charge < -0.3 is 10.2 Å². The van der Waals surface area contributed by atoms with Gasteiger partial charge >= 0.3 is 0 Å². The first kappa shape index (κ1) is 19.6. The van der Waals surface area contributed by atoms with E-state index in [1.807, 2.05) is 11.3 Å². The standard InChI is InChI=1S/C21H31N3S2/c1-20(2,3)14-21(4,5)23-19(25)24-12-10-15(11-13-24)18-22-16-8-6-7-9-17(16)26-18/h6-9,15H,10-14H2,1-5H3,(H,23,25). The van der Waals surface area contributed by atoms with Crippen LogP contribution in [0.25, 0.3) is 10.2 Å². The molecule has 2 aromatic rings. The Bertz CT molecular complexity index is 732. The van der Waals surface area contributed by atoms with E-state index in [0.29, 0.717) is 5.92 Å². The molecule has 0 unspecified atom stereocenters. The third-order valence-electron chi connectivity index (χ3n) is 4.86. The Hall–Kier alpha value is -1.20. The Morgan fingerprint density at radius 2 is 1.85 bits per heavy atom. The molecule has 1 aromatic heterocycles. The normalized spacial score (nSPS) is 16.9. The van der Waals surface area contributed by atoms with Crippen LogP contribution in [0, 0.1) is 5.41 Å². The SMILES string of the molecule is CC(C)(C)CC(C)(C)NC(=S)N1CCC(c2nc3ccccc3s2)CC1. The van der Waals surface area contributed by atoms with Crippen LogP contribution >= 0.6 is 23.6 Å². The average Bonchev–Trinajstić information content (AvgIpc) is 2.96. The maximum Gasteiger partial charge on any atom is 0.169 e. The molecule has 5 heteroatoms. The van der Waals surface area contributed by atoms with Crippen LogP contribution in [0.3, 0.4) is 0 Å². The van der Waals surface area contributed by atoms with Gasteiger partial charge in [0, 0.05) is 24.5 Å². The summed E-state index contributed by atoms with van der Waals surface area (Å²) in [5, 5.41) is 5.80. The number of nitrogens with zero attached hydrogens (tertiary/aromatic N) is 2. The van der Waals surface area contributed by atoms with Crippen molar-refractivity contribution in [3.05, 3.63) is 29.3 Å². The molecule has 142 valence electrons. The number of hydrogen-bond donors (Lipinski definition) is 1. The van der Waals surface area contributed by atoms with Crippen molar-refractivity contribution in [1.29, 1.82) is 0 Å². The third-order valence-corrected chi connectivity index (χ3v) is 6.42. The minimum absolute atomic E-state index is 0.0131. The first-order valence-electron chi connectivity index (χ1n) is 9.56. The second kappa shape index (κ2) is 7.43. The Kier molecular flexibility index (Phi) is 5.59. The summed E-state index contributed by atoms with van der Waals surface area (Å²) in [5.74, 6) is 0.564. The van der Waals surface area contributed by atoms with Crippen molar-refractivity contribution >= 4 is 38.9 Å². The Labute approximate surface area is 167 Å². The highest BCUT2D eigenvalue weighted by molar-refractivity contribution is 7.80. The number of likely N-dealkylation sites (tertiary alicyclic amines) is 1. The summed E-state index contributed by atoms with van der Waals surface area (Å²) in [7, 11) is 0. The van der Waals surface area contributed by atoms with Gasteiger partial charge in [0.25, 0.3) is 0 Å². The van der Waals surface area contributed by atoms with E-state index in [9.17, 15) is 0 Å². The van der Waals surface area contributed by atoms with Crippen LogP contribution in [0.15, 0.2) is 24.3 Å². The van der Waals surface area contributed by atoms with Crippen LogP contribution in [0.1, 0.15) is 64.8 Å². The van der Waals surface area contributed by atoms with Crippen molar-refractivity contribution in [1.82, 2.24) is 15.2 Å². The number of hydrogen-bond acceptors (Lipinski definition) is 3. The largest absolute Gasteiger partial charge is 0.358 e. The quantitative estimate of drug-likeness (QED) is 0.695. The van der Waals surface area contributed by atoms with E-state index < -0.39 is 0 Å². The number of benzene rings is 1. The predicted molar refractivity (Wildman–Crippen MR) is 117 cm³/mol. The van der Waals surface area contributed by atoms with Crippen LogP contribution < -0.4 is 5.32 Å². The molecule has 1 fully saturated rings. The van der Waals surface area contributed by atoms with Crippen LogP contribution in [0.2, 0.25) is 0 Å². The van der Waals surface area contributed by atoms with E-state index in [1.165, 1.54) is 9.71 Å². The van der Waals surface area contributed by atoms with Crippen LogP contribution in [0.4, 0.5) is 0 Å². The monoisotopic (exact) mass is 389 g/mol. The zero-order valence-corrected chi connectivity index (χ0v) is 18.3. The summed E-state index contributed by atoms with van der Waals surface area (Å²) in [6.45, 7) is 13.4. The van der Waals surface area contributed by atoms with E-state index in [2.05, 4.69) is 69.1 Å². The molecule has 0 aliphatic carbocycles. The van der Waals surface area contributed by atoms with Crippen molar-refractivity contribution in [3.63, 3.8) is 0 Å². The number of aromatic nitrogens is 1. The molecule has 0 spiro atoms. The van der Waals surface area contributed by atoms with Gasteiger partial charge in [0.1, 0.15) is 0 Å². The molecule has 0 amide bonds. The molecule has 1 saturated heterocycles. The third kappa shape index (κ3) is 4.95. The van der Waals surface area contributed by atoms with Gasteiger partial charge in [0.05, 0.1) is 15.2 Å². The minimum atomic E-state index is 0.0131. The van der Waals surface area contributed by atoms with Crippen molar-refractivity contribution < 1.29 is 0 Å². The maximum absolute atomic E-state index is 5.72. The molecule has 0 bridgehead atoms. The van der Waals surface area contributed by atoms with E-state index in [0.717, 1.165) is 43.0 Å². The lowest BCUT2D eigenvalue weighted by Gasteiger charge is -2.39. The zero-order chi connectivity index (χ0) is 18.9. The lowest BCUT2D eigenvalue weighted by molar-refractivity contribution is 0.250. The maximum atomic E-state index is 5.72. The van der Waals surface area contributed by atoms with Crippen molar-refractivity contribution in [3.8, 4) is 0 Å². The first-order valence-corrected chi connectivity index (χ1v) is 10.8. The summed E-state index contributed by atoms with van der Waals surface area (Å²) >= 11 is 7.57. The molecule has 26 heavy (non-hydrogen) atoms. The van der Waals surface area contributed by atoms with Gasteiger partial charge in [-0.2, -0.15) is 0 Å². The van der Waals surface area contributed by atoms with Gasteiger partial charge in [-0.25, -0.2) is 4.98 Å². The average molecular weight is 390 g/mol. The highest BCUT2D eigenvalue weighted by Gasteiger charge is 2.29. The Morgan fingerprint density at radius 3 is 2.46 bits per heavy atom. The van der Waals surface area contributed by atoms with E-state index in [-0.39, 0.29) is 11.0 Å². The van der Waals surface area contributed by atoms with Crippen LogP contribution in [-0.4, -0.2) is 33.6 Å². The zero-order valence-electron chi connectivity index (χ0n) is 16.6. The van der Waals surface area contributed by atoms with Gasteiger partial charge in [-0.05, 0) is 62.9 Å². The summed E-state index contributed by atoms with van der Waals surface area (Å²) < 4.78 is 1.30. The molecular weight excluding hydrogens is 358 g/mol. The first-order chi connectivity index (χ1) is 12.1. The summed E-state index contributed by atoms with van der Waals surface area (Å²) in [6.07, 6.45) is 3.34. The molecule has 1 aromatic carbocycles. The fraction of sp³-hybridized carbons (Fsp3) is 0.619. The second-order valence-electron chi connectivity index (χ2n) is 9.33. The molecule has 3 rings (SSSR count). The molecule has 2 heterocycles. The summed E-state index contributed by atoms with van der Waals surface area (Å²) in [5.41, 5.74) is 1.43. The number of nitrogens with one attached hydrogen (secondary N) is 1. The molecule has 1 aliphatic rings. The van der Waals surface area contributed by atoms with Crippen LogP contribution in [-0.2, 0) is 0 Å². The fourth-order valence-electron chi connectivity index (χ4n) is 4.13. The van der Waals surface area contributed by atoms with Crippen LogP contribution in [0.5, 0.6) is 0 Å². The summed E-state index contributed by atoms with van der Waals surface area (Å²) in [6, 6.07) is 8.44. The van der Waals surface area contributed by atoms with Gasteiger partial charge in [-0.3, -0.25) is 0 Å². The lowest BCUT2D eigenvalue weighted by atomic mass is 9.82. The molecule has 3 nitrogen and oxygen atoms in total. The van der Waals surface area contributed by atoms with Crippen molar-refractivity contribution in [2.75, 3.05) is 13.1 Å². The van der Waals surface area contributed by atoms with Gasteiger partial charge in [0.2, 0.25) is 0 Å². The number of thiazole rings is 1. The van der Waals surface area contributed by atoms with E-state index in [4.69, 9.17) is 17.2 Å². The molecule has 0 saturated carbocycles. The fourth-order valence-corrected chi connectivity index (χ4v) is 5.73. The number of fused-ring (bicyclic) bond motifs is 1. The van der Waals surface area contributed by atoms with E-state index >= 15 is 0 Å². The minimum Gasteiger partial charge on any atom is -0.358 e. The molecule has 1 aliphatic heterocycles. The van der Waals surface area contributed by atoms with Gasteiger partial charge in [0.15, 0.2) is 5.11 Å². The van der Waals surface area contributed by atoms with Crippen molar-refractivity contribution in [2.24, 2.45) is 5.41 Å². The Balaban J connectivity index is 1.57. The smallest absolute Gasteiger partial charge is 0.169 e. The molecule has 0 atom stereocenters. The Morgan fingerprint density at radius 1 is 1.19 bits per heavy atom.